The first-order valence-electron chi connectivity index (χ1n) is 9.16. The zero-order chi connectivity index (χ0) is 18.6. The average molecular weight is 371 g/mol. The SMILES string of the molecule is CC(C)(C)c1ccc(/C(=C\CN2CCOCC2)c2ccnc(Cl)c2)cc1. The van der Waals surface area contributed by atoms with Crippen molar-refractivity contribution < 1.29 is 4.74 Å². The van der Waals surface area contributed by atoms with Gasteiger partial charge in [-0.25, -0.2) is 4.98 Å². The number of aromatic nitrogens is 1. The molecule has 3 nitrogen and oxygen atoms in total. The minimum Gasteiger partial charge on any atom is -0.379 e. The number of ether oxygens (including phenoxy) is 1. The molecule has 4 heteroatoms. The van der Waals surface area contributed by atoms with E-state index in [0.717, 1.165) is 38.4 Å². The van der Waals surface area contributed by atoms with Crippen LogP contribution in [0.5, 0.6) is 0 Å². The van der Waals surface area contributed by atoms with E-state index in [2.05, 4.69) is 61.0 Å². The summed E-state index contributed by atoms with van der Waals surface area (Å²) in [6, 6.07) is 12.8. The summed E-state index contributed by atoms with van der Waals surface area (Å²) in [5, 5.41) is 0.520. The van der Waals surface area contributed by atoms with Crippen LogP contribution in [0.3, 0.4) is 0 Å². The summed E-state index contributed by atoms with van der Waals surface area (Å²) >= 11 is 6.15. The predicted octanol–water partition coefficient (Wildman–Crippen LogP) is 4.80. The van der Waals surface area contributed by atoms with Crippen molar-refractivity contribution in [3.8, 4) is 0 Å². The van der Waals surface area contributed by atoms with Gasteiger partial charge in [-0.3, -0.25) is 4.90 Å². The standard InChI is InChI=1S/C22H27ClN2O/c1-22(2,3)19-6-4-17(5-7-19)20(18-8-10-24-21(23)16-18)9-11-25-12-14-26-15-13-25/h4-10,16H,11-15H2,1-3H3/b20-9+. The second-order valence-electron chi connectivity index (χ2n) is 7.73. The summed E-state index contributed by atoms with van der Waals surface area (Å²) in [6.45, 7) is 11.2. The Morgan fingerprint density at radius 3 is 2.42 bits per heavy atom. The Morgan fingerprint density at radius 2 is 1.81 bits per heavy atom. The molecule has 26 heavy (non-hydrogen) atoms. The van der Waals surface area contributed by atoms with Gasteiger partial charge < -0.3 is 4.74 Å². The zero-order valence-electron chi connectivity index (χ0n) is 15.8. The molecule has 0 atom stereocenters. The van der Waals surface area contributed by atoms with Crippen LogP contribution >= 0.6 is 11.6 Å². The van der Waals surface area contributed by atoms with Crippen molar-refractivity contribution in [2.75, 3.05) is 32.8 Å². The molecule has 1 aromatic heterocycles. The Labute approximate surface area is 161 Å². The summed E-state index contributed by atoms with van der Waals surface area (Å²) < 4.78 is 5.45. The number of hydrogen-bond donors (Lipinski definition) is 0. The van der Waals surface area contributed by atoms with E-state index < -0.39 is 0 Å². The third-order valence-electron chi connectivity index (χ3n) is 4.76. The number of hydrogen-bond acceptors (Lipinski definition) is 3. The molecule has 3 rings (SSSR count). The number of benzene rings is 1. The third-order valence-corrected chi connectivity index (χ3v) is 4.96. The predicted molar refractivity (Wildman–Crippen MR) is 109 cm³/mol. The van der Waals surface area contributed by atoms with Crippen LogP contribution in [0.25, 0.3) is 5.57 Å². The Morgan fingerprint density at radius 1 is 1.12 bits per heavy atom. The summed E-state index contributed by atoms with van der Waals surface area (Å²) in [4.78, 5) is 6.54. The molecule has 1 saturated heterocycles. The molecule has 138 valence electrons. The minimum atomic E-state index is 0.149. The van der Waals surface area contributed by atoms with Crippen molar-refractivity contribution in [1.82, 2.24) is 9.88 Å². The molecule has 0 N–H and O–H groups in total. The molecular weight excluding hydrogens is 344 g/mol. The Kier molecular flexibility index (Phi) is 6.13. The van der Waals surface area contributed by atoms with Crippen LogP contribution in [0.1, 0.15) is 37.5 Å². The second-order valence-corrected chi connectivity index (χ2v) is 8.11. The molecule has 2 aromatic rings. The molecule has 0 spiro atoms. The van der Waals surface area contributed by atoms with Gasteiger partial charge in [0, 0.05) is 25.8 Å². The molecular formula is C22H27ClN2O. The van der Waals surface area contributed by atoms with Crippen LogP contribution in [0.2, 0.25) is 5.15 Å². The molecule has 0 bridgehead atoms. The summed E-state index contributed by atoms with van der Waals surface area (Å²) in [7, 11) is 0. The van der Waals surface area contributed by atoms with E-state index in [1.54, 1.807) is 6.20 Å². The van der Waals surface area contributed by atoms with Gasteiger partial charge in [-0.1, -0.05) is 62.7 Å². The second kappa shape index (κ2) is 8.34. The average Bonchev–Trinajstić information content (AvgIpc) is 2.63. The first-order chi connectivity index (χ1) is 12.4. The van der Waals surface area contributed by atoms with Gasteiger partial charge in [0.25, 0.3) is 0 Å². The first kappa shape index (κ1) is 19.1. The van der Waals surface area contributed by atoms with Crippen LogP contribution in [-0.4, -0.2) is 42.7 Å². The fourth-order valence-electron chi connectivity index (χ4n) is 3.13. The largest absolute Gasteiger partial charge is 0.379 e. The molecule has 0 aliphatic carbocycles. The van der Waals surface area contributed by atoms with E-state index in [4.69, 9.17) is 16.3 Å². The van der Waals surface area contributed by atoms with Crippen molar-refractivity contribution in [3.63, 3.8) is 0 Å². The molecule has 0 unspecified atom stereocenters. The van der Waals surface area contributed by atoms with Crippen molar-refractivity contribution in [2.24, 2.45) is 0 Å². The van der Waals surface area contributed by atoms with Crippen molar-refractivity contribution in [3.05, 3.63) is 70.5 Å². The van der Waals surface area contributed by atoms with E-state index in [-0.39, 0.29) is 5.41 Å². The molecule has 1 aliphatic rings. The summed E-state index contributed by atoms with van der Waals surface area (Å²) in [5.74, 6) is 0. The molecule has 0 radical (unpaired) electrons. The van der Waals surface area contributed by atoms with Gasteiger partial charge in [0.15, 0.2) is 0 Å². The van der Waals surface area contributed by atoms with E-state index in [0.29, 0.717) is 5.15 Å². The number of halogens is 1. The maximum atomic E-state index is 6.15. The van der Waals surface area contributed by atoms with Gasteiger partial charge in [-0.15, -0.1) is 0 Å². The fourth-order valence-corrected chi connectivity index (χ4v) is 3.30. The highest BCUT2D eigenvalue weighted by Crippen LogP contribution is 2.28. The monoisotopic (exact) mass is 370 g/mol. The molecule has 1 fully saturated rings. The molecule has 0 amide bonds. The van der Waals surface area contributed by atoms with Gasteiger partial charge in [0.05, 0.1) is 13.2 Å². The van der Waals surface area contributed by atoms with E-state index in [9.17, 15) is 0 Å². The maximum absolute atomic E-state index is 6.15. The normalized spacial score (nSPS) is 16.7. The van der Waals surface area contributed by atoms with Gasteiger partial charge in [-0.05, 0) is 39.8 Å². The molecule has 0 saturated carbocycles. The first-order valence-corrected chi connectivity index (χ1v) is 9.54. The Bertz CT molecular complexity index is 756. The van der Waals surface area contributed by atoms with E-state index in [1.165, 1.54) is 16.7 Å². The number of rotatable bonds is 4. The van der Waals surface area contributed by atoms with Crippen molar-refractivity contribution >= 4 is 17.2 Å². The summed E-state index contributed by atoms with van der Waals surface area (Å²) in [6.07, 6.45) is 4.06. The van der Waals surface area contributed by atoms with Crippen LogP contribution in [-0.2, 0) is 10.2 Å². The minimum absolute atomic E-state index is 0.149. The third kappa shape index (κ3) is 4.94. The number of pyridine rings is 1. The Balaban J connectivity index is 1.92. The van der Waals surface area contributed by atoms with Crippen LogP contribution in [0.15, 0.2) is 48.7 Å². The quantitative estimate of drug-likeness (QED) is 0.723. The van der Waals surface area contributed by atoms with Gasteiger partial charge in [0.1, 0.15) is 5.15 Å². The van der Waals surface area contributed by atoms with Gasteiger partial charge >= 0.3 is 0 Å². The lowest BCUT2D eigenvalue weighted by Crippen LogP contribution is -2.36. The van der Waals surface area contributed by atoms with Crippen molar-refractivity contribution in [1.29, 1.82) is 0 Å². The topological polar surface area (TPSA) is 25.4 Å². The number of nitrogens with zero attached hydrogens (tertiary/aromatic N) is 2. The van der Waals surface area contributed by atoms with Gasteiger partial charge in [-0.2, -0.15) is 0 Å². The van der Waals surface area contributed by atoms with Gasteiger partial charge in [0.2, 0.25) is 0 Å². The lowest BCUT2D eigenvalue weighted by molar-refractivity contribution is 0.0435. The van der Waals surface area contributed by atoms with Crippen LogP contribution < -0.4 is 0 Å². The molecule has 1 aliphatic heterocycles. The highest BCUT2D eigenvalue weighted by atomic mass is 35.5. The van der Waals surface area contributed by atoms with E-state index >= 15 is 0 Å². The number of morpholine rings is 1. The lowest BCUT2D eigenvalue weighted by atomic mass is 9.85. The summed E-state index contributed by atoms with van der Waals surface area (Å²) in [5.41, 5.74) is 4.98. The zero-order valence-corrected chi connectivity index (χ0v) is 16.6. The van der Waals surface area contributed by atoms with Crippen LogP contribution in [0.4, 0.5) is 0 Å². The Hall–Kier alpha value is -1.68. The highest BCUT2D eigenvalue weighted by Gasteiger charge is 2.15. The fraction of sp³-hybridized carbons (Fsp3) is 0.409. The highest BCUT2D eigenvalue weighted by molar-refractivity contribution is 6.29. The molecule has 2 heterocycles. The maximum Gasteiger partial charge on any atom is 0.129 e. The smallest absolute Gasteiger partial charge is 0.129 e. The molecule has 1 aromatic carbocycles. The van der Waals surface area contributed by atoms with Crippen LogP contribution in [0, 0.1) is 0 Å². The van der Waals surface area contributed by atoms with Crippen molar-refractivity contribution in [2.45, 2.75) is 26.2 Å². The van der Waals surface area contributed by atoms with E-state index in [1.807, 2.05) is 12.1 Å². The lowest BCUT2D eigenvalue weighted by Gasteiger charge is -2.25.